The maximum Gasteiger partial charge on any atom is 0.239 e. The lowest BCUT2D eigenvalue weighted by Gasteiger charge is -2.36. The van der Waals surface area contributed by atoms with Gasteiger partial charge in [0.25, 0.3) is 0 Å². The number of nitrogens with one attached hydrogen (secondary N) is 1. The molecule has 6 nitrogen and oxygen atoms in total. The van der Waals surface area contributed by atoms with Crippen LogP contribution in [0.2, 0.25) is 0 Å². The number of hydrogen-bond donors (Lipinski definition) is 1. The Kier molecular flexibility index (Phi) is 8.55. The molecule has 0 aliphatic carbocycles. The molecule has 35 heavy (non-hydrogen) atoms. The van der Waals surface area contributed by atoms with Gasteiger partial charge in [-0.1, -0.05) is 60.7 Å². The van der Waals surface area contributed by atoms with Gasteiger partial charge in [0.05, 0.1) is 5.75 Å². The van der Waals surface area contributed by atoms with Crippen LogP contribution < -0.4 is 10.2 Å². The standard InChI is InChI=1S/C28H33N3O3S/c32-28(23-35(33,34)21-7-12-24-8-3-1-4-9-24)29-26-13-15-27(16-14-26)31-19-17-30(18-20-31)22-25-10-5-2-6-11-25/h1-6,8-11,13-16H,7,12,17-23H2,(H,29,32). The van der Waals surface area contributed by atoms with Gasteiger partial charge in [-0.2, -0.15) is 0 Å². The van der Waals surface area contributed by atoms with Crippen molar-refractivity contribution < 1.29 is 13.2 Å². The monoisotopic (exact) mass is 491 g/mol. The van der Waals surface area contributed by atoms with E-state index in [9.17, 15) is 13.2 Å². The number of sulfone groups is 1. The first-order valence-electron chi connectivity index (χ1n) is 12.1. The minimum Gasteiger partial charge on any atom is -0.369 e. The van der Waals surface area contributed by atoms with Gasteiger partial charge in [-0.05, 0) is 48.2 Å². The maximum absolute atomic E-state index is 12.4. The zero-order valence-electron chi connectivity index (χ0n) is 20.0. The molecule has 1 aliphatic heterocycles. The molecular formula is C28H33N3O3S. The van der Waals surface area contributed by atoms with Crippen LogP contribution in [0.15, 0.2) is 84.9 Å². The second-order valence-electron chi connectivity index (χ2n) is 9.03. The third-order valence-electron chi connectivity index (χ3n) is 6.25. The molecule has 7 heteroatoms. The molecule has 0 bridgehead atoms. The summed E-state index contributed by atoms with van der Waals surface area (Å²) in [7, 11) is -3.45. The lowest BCUT2D eigenvalue weighted by molar-refractivity contribution is -0.113. The third-order valence-corrected chi connectivity index (χ3v) is 7.86. The van der Waals surface area contributed by atoms with Crippen molar-refractivity contribution in [3.05, 3.63) is 96.1 Å². The van der Waals surface area contributed by atoms with E-state index in [1.54, 1.807) is 0 Å². The van der Waals surface area contributed by atoms with Crippen LogP contribution in [-0.4, -0.2) is 56.9 Å². The molecule has 1 saturated heterocycles. The van der Waals surface area contributed by atoms with Crippen LogP contribution in [0.25, 0.3) is 0 Å². The van der Waals surface area contributed by atoms with Crippen LogP contribution in [0.1, 0.15) is 17.5 Å². The number of benzene rings is 3. The molecule has 1 amide bonds. The average Bonchev–Trinajstić information content (AvgIpc) is 2.86. The zero-order valence-corrected chi connectivity index (χ0v) is 20.8. The van der Waals surface area contributed by atoms with Crippen LogP contribution in [0.3, 0.4) is 0 Å². The Hall–Kier alpha value is -3.16. The van der Waals surface area contributed by atoms with Crippen LogP contribution >= 0.6 is 0 Å². The van der Waals surface area contributed by atoms with Gasteiger partial charge in [0, 0.05) is 44.1 Å². The van der Waals surface area contributed by atoms with E-state index < -0.39 is 21.5 Å². The molecule has 0 aromatic heterocycles. The number of rotatable bonds is 10. The molecule has 3 aromatic rings. The van der Waals surface area contributed by atoms with Gasteiger partial charge >= 0.3 is 0 Å². The number of hydrogen-bond acceptors (Lipinski definition) is 5. The molecule has 0 unspecified atom stereocenters. The summed E-state index contributed by atoms with van der Waals surface area (Å²) in [5.74, 6) is -0.982. The number of anilines is 2. The summed E-state index contributed by atoms with van der Waals surface area (Å²) < 4.78 is 24.7. The van der Waals surface area contributed by atoms with Crippen molar-refractivity contribution in [3.63, 3.8) is 0 Å². The van der Waals surface area contributed by atoms with Crippen molar-refractivity contribution >= 4 is 27.1 Å². The van der Waals surface area contributed by atoms with Crippen LogP contribution in [-0.2, 0) is 27.6 Å². The van der Waals surface area contributed by atoms with E-state index in [4.69, 9.17) is 0 Å². The molecule has 3 aromatic carbocycles. The van der Waals surface area contributed by atoms with Crippen molar-refractivity contribution in [2.75, 3.05) is 47.9 Å². The van der Waals surface area contributed by atoms with Crippen molar-refractivity contribution in [3.8, 4) is 0 Å². The third kappa shape index (κ3) is 7.94. The number of nitrogens with zero attached hydrogens (tertiary/aromatic N) is 2. The van der Waals surface area contributed by atoms with E-state index in [1.807, 2.05) is 60.7 Å². The molecule has 0 radical (unpaired) electrons. The van der Waals surface area contributed by atoms with Gasteiger partial charge in [-0.15, -0.1) is 0 Å². The van der Waals surface area contributed by atoms with E-state index in [-0.39, 0.29) is 5.75 Å². The molecule has 1 fully saturated rings. The van der Waals surface area contributed by atoms with Gasteiger partial charge < -0.3 is 10.2 Å². The fourth-order valence-corrected chi connectivity index (χ4v) is 5.57. The first-order valence-corrected chi connectivity index (χ1v) is 13.9. The highest BCUT2D eigenvalue weighted by molar-refractivity contribution is 7.92. The largest absolute Gasteiger partial charge is 0.369 e. The van der Waals surface area contributed by atoms with Crippen LogP contribution in [0.5, 0.6) is 0 Å². The summed E-state index contributed by atoms with van der Waals surface area (Å²) >= 11 is 0. The molecule has 0 atom stereocenters. The van der Waals surface area contributed by atoms with Crippen LogP contribution in [0.4, 0.5) is 11.4 Å². The average molecular weight is 492 g/mol. The van der Waals surface area contributed by atoms with E-state index in [2.05, 4.69) is 39.4 Å². The van der Waals surface area contributed by atoms with Crippen molar-refractivity contribution in [1.82, 2.24) is 4.90 Å². The molecule has 184 valence electrons. The summed E-state index contributed by atoms with van der Waals surface area (Å²) in [5.41, 5.74) is 4.15. The van der Waals surface area contributed by atoms with Gasteiger partial charge in [0.1, 0.15) is 5.75 Å². The van der Waals surface area contributed by atoms with Crippen LogP contribution in [0, 0.1) is 0 Å². The molecule has 0 spiro atoms. The normalized spacial score (nSPS) is 14.6. The Balaban J connectivity index is 1.20. The molecular weight excluding hydrogens is 458 g/mol. The molecule has 1 N–H and O–H groups in total. The second kappa shape index (κ2) is 12.0. The smallest absolute Gasteiger partial charge is 0.239 e. The van der Waals surface area contributed by atoms with Crippen molar-refractivity contribution in [1.29, 1.82) is 0 Å². The lowest BCUT2D eigenvalue weighted by atomic mass is 10.1. The topological polar surface area (TPSA) is 69.7 Å². The highest BCUT2D eigenvalue weighted by Crippen LogP contribution is 2.20. The molecule has 4 rings (SSSR count). The first kappa shape index (κ1) is 24.9. The van der Waals surface area contributed by atoms with Gasteiger partial charge in [-0.25, -0.2) is 8.42 Å². The Morgan fingerprint density at radius 3 is 2.00 bits per heavy atom. The molecule has 1 heterocycles. The Labute approximate surface area is 208 Å². The second-order valence-corrected chi connectivity index (χ2v) is 11.2. The zero-order chi connectivity index (χ0) is 24.5. The Morgan fingerprint density at radius 2 is 1.37 bits per heavy atom. The fourth-order valence-electron chi connectivity index (χ4n) is 4.37. The minimum absolute atomic E-state index is 0.00447. The predicted molar refractivity (Wildman–Crippen MR) is 142 cm³/mol. The van der Waals surface area contributed by atoms with Crippen molar-refractivity contribution in [2.45, 2.75) is 19.4 Å². The number of carbonyl (C=O) groups excluding carboxylic acids is 1. The van der Waals surface area contributed by atoms with Crippen molar-refractivity contribution in [2.24, 2.45) is 0 Å². The molecule has 1 aliphatic rings. The van der Waals surface area contributed by atoms with E-state index in [1.165, 1.54) is 5.56 Å². The summed E-state index contributed by atoms with van der Waals surface area (Å²) in [4.78, 5) is 17.1. The lowest BCUT2D eigenvalue weighted by Crippen LogP contribution is -2.45. The summed E-state index contributed by atoms with van der Waals surface area (Å²) in [6.07, 6.45) is 1.19. The highest BCUT2D eigenvalue weighted by Gasteiger charge is 2.19. The minimum atomic E-state index is -3.45. The maximum atomic E-state index is 12.4. The highest BCUT2D eigenvalue weighted by atomic mass is 32.2. The van der Waals surface area contributed by atoms with E-state index in [0.717, 1.165) is 44.0 Å². The summed E-state index contributed by atoms with van der Waals surface area (Å²) in [6.45, 7) is 4.85. The molecule has 0 saturated carbocycles. The fraction of sp³-hybridized carbons (Fsp3) is 0.321. The number of aryl methyl sites for hydroxylation is 1. The van der Waals surface area contributed by atoms with Gasteiger partial charge in [0.15, 0.2) is 9.84 Å². The first-order chi connectivity index (χ1) is 17.0. The quantitative estimate of drug-likeness (QED) is 0.464. The van der Waals surface area contributed by atoms with Gasteiger partial charge in [0.2, 0.25) is 5.91 Å². The van der Waals surface area contributed by atoms with E-state index in [0.29, 0.717) is 18.5 Å². The number of piperazine rings is 1. The summed E-state index contributed by atoms with van der Waals surface area (Å²) in [6, 6.07) is 27.9. The van der Waals surface area contributed by atoms with E-state index >= 15 is 0 Å². The number of amides is 1. The summed E-state index contributed by atoms with van der Waals surface area (Å²) in [5, 5.41) is 2.73. The van der Waals surface area contributed by atoms with Gasteiger partial charge in [-0.3, -0.25) is 9.69 Å². The Bertz CT molecular complexity index is 1180. The Morgan fingerprint density at radius 1 is 0.771 bits per heavy atom. The number of carbonyl (C=O) groups is 1. The SMILES string of the molecule is O=C(CS(=O)(=O)CCCc1ccccc1)Nc1ccc(N2CCN(Cc3ccccc3)CC2)cc1. The predicted octanol–water partition coefficient (Wildman–Crippen LogP) is 3.99.